The first-order chi connectivity index (χ1) is 11.3. The van der Waals surface area contributed by atoms with Crippen molar-refractivity contribution in [3.05, 3.63) is 17.8 Å². The van der Waals surface area contributed by atoms with Gasteiger partial charge >= 0.3 is 0 Å². The minimum Gasteiger partial charge on any atom is -0.446 e. The van der Waals surface area contributed by atoms with E-state index in [2.05, 4.69) is 38.0 Å². The lowest BCUT2D eigenvalue weighted by Gasteiger charge is -2.62. The highest BCUT2D eigenvalue weighted by molar-refractivity contribution is 5.92. The van der Waals surface area contributed by atoms with Crippen LogP contribution >= 0.6 is 0 Å². The fourth-order valence-electron chi connectivity index (χ4n) is 4.69. The number of nitrogens with two attached hydrogens (primary N) is 1. The second-order valence-corrected chi connectivity index (χ2v) is 8.35. The third-order valence-corrected chi connectivity index (χ3v) is 6.61. The van der Waals surface area contributed by atoms with Crippen molar-refractivity contribution in [2.45, 2.75) is 71.9 Å². The van der Waals surface area contributed by atoms with Crippen LogP contribution in [0.15, 0.2) is 10.7 Å². The van der Waals surface area contributed by atoms with E-state index in [9.17, 15) is 4.79 Å². The van der Waals surface area contributed by atoms with E-state index in [4.69, 9.17) is 10.2 Å². The monoisotopic (exact) mass is 333 g/mol. The lowest BCUT2D eigenvalue weighted by Crippen LogP contribution is -2.60. The Labute approximate surface area is 144 Å². The molecule has 0 aromatic carbocycles. The Morgan fingerprint density at radius 1 is 1.50 bits per heavy atom. The van der Waals surface area contributed by atoms with Gasteiger partial charge in [-0.25, -0.2) is 4.98 Å². The Kier molecular flexibility index (Phi) is 4.73. The smallest absolute Gasteiger partial charge is 0.273 e. The van der Waals surface area contributed by atoms with E-state index in [0.29, 0.717) is 28.8 Å². The maximum atomic E-state index is 12.5. The first kappa shape index (κ1) is 17.5. The minimum atomic E-state index is -0.228. The van der Waals surface area contributed by atoms with Gasteiger partial charge in [0.2, 0.25) is 5.89 Å². The standard InChI is InChI=1S/C19H31N3O2/c1-5-6-7-14(20)18-22-16(10-24-18)17(23)21-15-9-12-8-13(11(15)2)19(12,3)4/h10-15H,5-9,20H2,1-4H3,(H,21,23). The number of hydrogen-bond donors (Lipinski definition) is 2. The number of hydrogen-bond acceptors (Lipinski definition) is 4. The average Bonchev–Trinajstić information content (AvgIpc) is 3.04. The van der Waals surface area contributed by atoms with Gasteiger partial charge in [0.05, 0.1) is 6.04 Å². The fraction of sp³-hybridized carbons (Fsp3) is 0.789. The fourth-order valence-corrected chi connectivity index (χ4v) is 4.69. The summed E-state index contributed by atoms with van der Waals surface area (Å²) in [4.78, 5) is 16.8. The topological polar surface area (TPSA) is 81.1 Å². The molecule has 3 N–H and O–H groups in total. The summed E-state index contributed by atoms with van der Waals surface area (Å²) >= 11 is 0. The second-order valence-electron chi connectivity index (χ2n) is 8.35. The summed E-state index contributed by atoms with van der Waals surface area (Å²) in [5.41, 5.74) is 6.84. The predicted octanol–water partition coefficient (Wildman–Crippen LogP) is 3.67. The van der Waals surface area contributed by atoms with Gasteiger partial charge in [0.15, 0.2) is 5.69 Å². The molecule has 4 rings (SSSR count). The first-order valence-electron chi connectivity index (χ1n) is 9.36. The SMILES string of the molecule is CCCCC(N)c1nc(C(=O)NC2CC3CC(C2C)C3(C)C)co1. The number of carbonyl (C=O) groups is 1. The number of nitrogens with one attached hydrogen (secondary N) is 1. The van der Waals surface area contributed by atoms with Gasteiger partial charge in [0, 0.05) is 6.04 Å². The zero-order chi connectivity index (χ0) is 17.5. The van der Waals surface area contributed by atoms with Crippen molar-refractivity contribution in [1.29, 1.82) is 0 Å². The van der Waals surface area contributed by atoms with E-state index in [1.54, 1.807) is 0 Å². The van der Waals surface area contributed by atoms with E-state index in [0.717, 1.165) is 31.6 Å². The molecule has 134 valence electrons. The Bertz CT molecular complexity index is 595. The highest BCUT2D eigenvalue weighted by Crippen LogP contribution is 2.61. The van der Waals surface area contributed by atoms with Crippen LogP contribution in [0.4, 0.5) is 0 Å². The van der Waals surface area contributed by atoms with Crippen molar-refractivity contribution in [3.63, 3.8) is 0 Å². The summed E-state index contributed by atoms with van der Waals surface area (Å²) in [6.07, 6.45) is 6.76. The summed E-state index contributed by atoms with van der Waals surface area (Å²) < 4.78 is 5.43. The number of aromatic nitrogens is 1. The molecule has 3 saturated carbocycles. The number of amides is 1. The largest absolute Gasteiger partial charge is 0.446 e. The zero-order valence-corrected chi connectivity index (χ0v) is 15.3. The zero-order valence-electron chi connectivity index (χ0n) is 15.3. The Hall–Kier alpha value is -1.36. The molecule has 3 fully saturated rings. The second kappa shape index (κ2) is 6.51. The molecule has 24 heavy (non-hydrogen) atoms. The van der Waals surface area contributed by atoms with Gasteiger partial charge in [-0.05, 0) is 42.4 Å². The summed E-state index contributed by atoms with van der Waals surface area (Å²) in [6, 6.07) is 0.0109. The van der Waals surface area contributed by atoms with Gasteiger partial charge in [-0.3, -0.25) is 4.79 Å². The molecule has 0 spiro atoms. The van der Waals surface area contributed by atoms with Crippen molar-refractivity contribution >= 4 is 5.91 Å². The average molecular weight is 333 g/mol. The van der Waals surface area contributed by atoms with E-state index in [1.165, 1.54) is 12.7 Å². The molecule has 5 heteroatoms. The van der Waals surface area contributed by atoms with Crippen LogP contribution in [0.25, 0.3) is 0 Å². The summed E-state index contributed by atoms with van der Waals surface area (Å²) in [5.74, 6) is 2.27. The molecule has 5 unspecified atom stereocenters. The number of unbranched alkanes of at least 4 members (excludes halogenated alkanes) is 1. The van der Waals surface area contributed by atoms with E-state index < -0.39 is 0 Å². The van der Waals surface area contributed by atoms with Gasteiger partial charge in [-0.2, -0.15) is 0 Å². The molecule has 5 nitrogen and oxygen atoms in total. The number of oxazole rings is 1. The lowest BCUT2D eigenvalue weighted by molar-refractivity contribution is -0.113. The number of nitrogens with zero attached hydrogens (tertiary/aromatic N) is 1. The summed E-state index contributed by atoms with van der Waals surface area (Å²) in [7, 11) is 0. The molecule has 0 saturated heterocycles. The predicted molar refractivity (Wildman–Crippen MR) is 93.4 cm³/mol. The first-order valence-corrected chi connectivity index (χ1v) is 9.36. The van der Waals surface area contributed by atoms with Gasteiger partial charge in [0.1, 0.15) is 6.26 Å². The lowest BCUT2D eigenvalue weighted by atomic mass is 9.45. The highest BCUT2D eigenvalue weighted by Gasteiger charge is 2.56. The molecule has 2 bridgehead atoms. The molecule has 3 aliphatic rings. The van der Waals surface area contributed by atoms with Crippen LogP contribution in [0.3, 0.4) is 0 Å². The molecule has 1 aromatic rings. The normalized spacial score (nSPS) is 32.0. The van der Waals surface area contributed by atoms with Crippen LogP contribution < -0.4 is 11.1 Å². The molecule has 1 heterocycles. The number of carbonyl (C=O) groups excluding carboxylic acids is 1. The van der Waals surface area contributed by atoms with Crippen LogP contribution in [-0.2, 0) is 0 Å². The molecule has 0 radical (unpaired) electrons. The molecule has 5 atom stereocenters. The van der Waals surface area contributed by atoms with Gasteiger partial charge in [0.25, 0.3) is 5.91 Å². The molecular weight excluding hydrogens is 302 g/mol. The van der Waals surface area contributed by atoms with Crippen molar-refractivity contribution in [1.82, 2.24) is 10.3 Å². The van der Waals surface area contributed by atoms with Crippen LogP contribution in [0.2, 0.25) is 0 Å². The van der Waals surface area contributed by atoms with Crippen LogP contribution in [0.1, 0.15) is 82.2 Å². The number of rotatable bonds is 6. The van der Waals surface area contributed by atoms with E-state index in [-0.39, 0.29) is 18.0 Å². The van der Waals surface area contributed by atoms with Crippen molar-refractivity contribution < 1.29 is 9.21 Å². The van der Waals surface area contributed by atoms with E-state index in [1.807, 2.05) is 0 Å². The minimum absolute atomic E-state index is 0.136. The Morgan fingerprint density at radius 3 is 2.88 bits per heavy atom. The quantitative estimate of drug-likeness (QED) is 0.832. The Balaban J connectivity index is 1.59. The third kappa shape index (κ3) is 2.99. The van der Waals surface area contributed by atoms with Crippen molar-refractivity contribution in [2.75, 3.05) is 0 Å². The third-order valence-electron chi connectivity index (χ3n) is 6.61. The van der Waals surface area contributed by atoms with Crippen LogP contribution in [-0.4, -0.2) is 16.9 Å². The maximum Gasteiger partial charge on any atom is 0.273 e. The molecule has 1 amide bonds. The molecule has 0 aliphatic heterocycles. The van der Waals surface area contributed by atoms with Gasteiger partial charge in [-0.1, -0.05) is 40.5 Å². The number of fused-ring (bicyclic) bond motifs is 2. The Morgan fingerprint density at radius 2 is 2.25 bits per heavy atom. The van der Waals surface area contributed by atoms with Crippen LogP contribution in [0.5, 0.6) is 0 Å². The van der Waals surface area contributed by atoms with Gasteiger partial charge in [-0.15, -0.1) is 0 Å². The molecule has 1 aromatic heterocycles. The molecule has 3 aliphatic carbocycles. The highest BCUT2D eigenvalue weighted by atomic mass is 16.3. The van der Waals surface area contributed by atoms with Crippen molar-refractivity contribution in [3.8, 4) is 0 Å². The summed E-state index contributed by atoms with van der Waals surface area (Å²) in [5, 5.41) is 3.18. The van der Waals surface area contributed by atoms with Crippen LogP contribution in [0, 0.1) is 23.2 Å². The van der Waals surface area contributed by atoms with Crippen molar-refractivity contribution in [2.24, 2.45) is 28.9 Å². The maximum absolute atomic E-state index is 12.5. The van der Waals surface area contributed by atoms with E-state index >= 15 is 0 Å². The van der Waals surface area contributed by atoms with Gasteiger partial charge < -0.3 is 15.5 Å². The summed E-state index contributed by atoms with van der Waals surface area (Å²) in [6.45, 7) is 9.12. The molecular formula is C19H31N3O2.